The molecule has 0 atom stereocenters. The van der Waals surface area contributed by atoms with Crippen molar-refractivity contribution in [3.05, 3.63) is 41.7 Å². The number of carbonyl (C=O) groups excluding carboxylic acids is 1. The van der Waals surface area contributed by atoms with Crippen LogP contribution in [0.2, 0.25) is 0 Å². The third kappa shape index (κ3) is 6.10. The van der Waals surface area contributed by atoms with Crippen molar-refractivity contribution in [1.29, 1.82) is 0 Å². The van der Waals surface area contributed by atoms with Crippen molar-refractivity contribution in [2.75, 3.05) is 18.8 Å². The summed E-state index contributed by atoms with van der Waals surface area (Å²) < 4.78 is 37.6. The maximum atomic E-state index is 13.5. The van der Waals surface area contributed by atoms with Gasteiger partial charge < -0.3 is 15.7 Å². The van der Waals surface area contributed by atoms with Gasteiger partial charge in [0, 0.05) is 12.1 Å². The summed E-state index contributed by atoms with van der Waals surface area (Å²) in [5, 5.41) is 12.6. The summed E-state index contributed by atoms with van der Waals surface area (Å²) in [5.74, 6) is -0.116. The Labute approximate surface area is 138 Å². The second kappa shape index (κ2) is 8.69. The molecule has 7 nitrogen and oxygen atoms in total. The fraction of sp³-hybridized carbons (Fsp3) is 0.200. The van der Waals surface area contributed by atoms with E-state index in [0.717, 1.165) is 6.08 Å². The molecule has 0 aliphatic heterocycles. The number of carbonyl (C=O) groups is 2. The number of nitrogens with one attached hydrogen (secondary N) is 2. The van der Waals surface area contributed by atoms with E-state index < -0.39 is 33.4 Å². The van der Waals surface area contributed by atoms with Crippen LogP contribution >= 0.6 is 0 Å². The van der Waals surface area contributed by atoms with Gasteiger partial charge in [-0.2, -0.15) is 0 Å². The summed E-state index contributed by atoms with van der Waals surface area (Å²) in [6.07, 6.45) is 4.49. The highest BCUT2D eigenvalue weighted by atomic mass is 32.2. The molecule has 0 heterocycles. The second-order valence-electron chi connectivity index (χ2n) is 4.51. The normalized spacial score (nSPS) is 11.4. The van der Waals surface area contributed by atoms with Crippen LogP contribution < -0.4 is 10.6 Å². The molecule has 0 unspecified atom stereocenters. The monoisotopic (exact) mass is 354 g/mol. The SMILES string of the molecule is C#CCNC(=O)c1ccc(S(=O)(=O)CC(F)=CCNC(=O)O)cc1. The van der Waals surface area contributed by atoms with E-state index in [1.165, 1.54) is 24.3 Å². The Balaban J connectivity index is 2.79. The van der Waals surface area contributed by atoms with Gasteiger partial charge >= 0.3 is 6.09 Å². The Bertz CT molecular complexity index is 779. The van der Waals surface area contributed by atoms with Gasteiger partial charge in [-0.1, -0.05) is 5.92 Å². The minimum Gasteiger partial charge on any atom is -0.465 e. The van der Waals surface area contributed by atoms with Crippen LogP contribution in [-0.4, -0.2) is 44.4 Å². The van der Waals surface area contributed by atoms with Crippen molar-refractivity contribution < 1.29 is 27.5 Å². The van der Waals surface area contributed by atoms with Crippen LogP contribution in [0.5, 0.6) is 0 Å². The third-order valence-corrected chi connectivity index (χ3v) is 4.38. The van der Waals surface area contributed by atoms with Gasteiger partial charge in [-0.15, -0.1) is 6.42 Å². The minimum atomic E-state index is -3.95. The summed E-state index contributed by atoms with van der Waals surface area (Å²) in [6, 6.07) is 4.93. The lowest BCUT2D eigenvalue weighted by atomic mass is 10.2. The lowest BCUT2D eigenvalue weighted by molar-refractivity contribution is 0.0958. The number of halogens is 1. The lowest BCUT2D eigenvalue weighted by Gasteiger charge is -2.05. The van der Waals surface area contributed by atoms with Crippen molar-refractivity contribution in [3.63, 3.8) is 0 Å². The Morgan fingerprint density at radius 2 is 1.88 bits per heavy atom. The van der Waals surface area contributed by atoms with Crippen molar-refractivity contribution >= 4 is 21.8 Å². The molecule has 0 aromatic heterocycles. The first-order chi connectivity index (χ1) is 11.3. The highest BCUT2D eigenvalue weighted by molar-refractivity contribution is 7.91. The van der Waals surface area contributed by atoms with E-state index >= 15 is 0 Å². The van der Waals surface area contributed by atoms with Gasteiger partial charge in [0.15, 0.2) is 9.84 Å². The van der Waals surface area contributed by atoms with Crippen LogP contribution in [0.3, 0.4) is 0 Å². The molecule has 0 spiro atoms. The van der Waals surface area contributed by atoms with E-state index in [4.69, 9.17) is 11.5 Å². The van der Waals surface area contributed by atoms with Gasteiger partial charge in [-0.05, 0) is 30.3 Å². The van der Waals surface area contributed by atoms with Crippen molar-refractivity contribution in [1.82, 2.24) is 10.6 Å². The third-order valence-electron chi connectivity index (χ3n) is 2.73. The molecule has 0 fully saturated rings. The first-order valence-electron chi connectivity index (χ1n) is 6.62. The predicted molar refractivity (Wildman–Crippen MR) is 84.9 cm³/mol. The van der Waals surface area contributed by atoms with E-state index in [2.05, 4.69) is 11.2 Å². The molecule has 0 bridgehead atoms. The topological polar surface area (TPSA) is 113 Å². The highest BCUT2D eigenvalue weighted by Gasteiger charge is 2.17. The zero-order valence-corrected chi connectivity index (χ0v) is 13.3. The molecule has 24 heavy (non-hydrogen) atoms. The maximum Gasteiger partial charge on any atom is 0.404 e. The average Bonchev–Trinajstić information content (AvgIpc) is 2.51. The fourth-order valence-electron chi connectivity index (χ4n) is 1.62. The van der Waals surface area contributed by atoms with Crippen molar-refractivity contribution in [3.8, 4) is 12.3 Å². The van der Waals surface area contributed by atoms with E-state index in [0.29, 0.717) is 0 Å². The van der Waals surface area contributed by atoms with Crippen molar-refractivity contribution in [2.45, 2.75) is 4.90 Å². The van der Waals surface area contributed by atoms with E-state index in [1.54, 1.807) is 0 Å². The molecule has 3 N–H and O–H groups in total. The molecule has 1 aromatic rings. The quantitative estimate of drug-likeness (QED) is 0.631. The zero-order valence-electron chi connectivity index (χ0n) is 12.5. The second-order valence-corrected chi connectivity index (χ2v) is 6.50. The molecule has 0 aliphatic carbocycles. The van der Waals surface area contributed by atoms with E-state index in [9.17, 15) is 22.4 Å². The number of amides is 2. The standard InChI is InChI=1S/C15H15FN2O5S/c1-2-8-17-14(19)11-3-5-13(6-4-11)24(22,23)10-12(16)7-9-18-15(20)21/h1,3-7,18H,8-10H2,(H,17,19)(H,20,21). The van der Waals surface area contributed by atoms with Gasteiger partial charge in [0.05, 0.1) is 11.4 Å². The molecule has 0 saturated heterocycles. The molecule has 0 aliphatic rings. The molecule has 1 aromatic carbocycles. The summed E-state index contributed by atoms with van der Waals surface area (Å²) in [4.78, 5) is 21.7. The number of sulfone groups is 1. The largest absolute Gasteiger partial charge is 0.465 e. The van der Waals surface area contributed by atoms with E-state index in [1.807, 2.05) is 5.32 Å². The average molecular weight is 354 g/mol. The van der Waals surface area contributed by atoms with Gasteiger partial charge in [-0.3, -0.25) is 4.79 Å². The minimum absolute atomic E-state index is 0.0409. The van der Waals surface area contributed by atoms with Crippen LogP contribution in [0.4, 0.5) is 9.18 Å². The molecular formula is C15H15FN2O5S. The van der Waals surface area contributed by atoms with Crippen LogP contribution in [0, 0.1) is 12.3 Å². The molecule has 1 rings (SSSR count). The van der Waals surface area contributed by atoms with Crippen LogP contribution in [0.1, 0.15) is 10.4 Å². The van der Waals surface area contributed by atoms with E-state index in [-0.39, 0.29) is 23.5 Å². The number of carboxylic acid groups (broad SMARTS) is 1. The summed E-state index contributed by atoms with van der Waals surface area (Å²) in [6.45, 7) is -0.301. The molecule has 9 heteroatoms. The smallest absolute Gasteiger partial charge is 0.404 e. The maximum absolute atomic E-state index is 13.5. The van der Waals surface area contributed by atoms with Gasteiger partial charge in [-0.25, -0.2) is 17.6 Å². The predicted octanol–water partition coefficient (Wildman–Crippen LogP) is 0.944. The Hall–Kier alpha value is -2.86. The number of hydrogen-bond acceptors (Lipinski definition) is 4. The Kier molecular flexibility index (Phi) is 6.95. The van der Waals surface area contributed by atoms with Crippen LogP contribution in [0.25, 0.3) is 0 Å². The molecule has 0 saturated carbocycles. The lowest BCUT2D eigenvalue weighted by Crippen LogP contribution is -2.23. The fourth-order valence-corrected chi connectivity index (χ4v) is 2.82. The molecule has 0 radical (unpaired) electrons. The van der Waals surface area contributed by atoms with Gasteiger partial charge in [0.1, 0.15) is 11.6 Å². The van der Waals surface area contributed by atoms with Gasteiger partial charge in [0.2, 0.25) is 0 Å². The summed E-state index contributed by atoms with van der Waals surface area (Å²) in [7, 11) is -3.95. The number of terminal acetylenes is 1. The molecule has 128 valence electrons. The number of hydrogen-bond donors (Lipinski definition) is 3. The van der Waals surface area contributed by atoms with Crippen LogP contribution in [-0.2, 0) is 9.84 Å². The Morgan fingerprint density at radius 1 is 1.25 bits per heavy atom. The van der Waals surface area contributed by atoms with Gasteiger partial charge in [0.25, 0.3) is 5.91 Å². The zero-order chi connectivity index (χ0) is 18.2. The summed E-state index contributed by atoms with van der Waals surface area (Å²) in [5.41, 5.74) is 0.214. The highest BCUT2D eigenvalue weighted by Crippen LogP contribution is 2.15. The molecule has 2 amide bonds. The number of rotatable bonds is 7. The number of benzene rings is 1. The Morgan fingerprint density at radius 3 is 2.42 bits per heavy atom. The molecular weight excluding hydrogens is 339 g/mol. The first kappa shape index (κ1) is 19.2. The van der Waals surface area contributed by atoms with Crippen LogP contribution in [0.15, 0.2) is 41.1 Å². The summed E-state index contributed by atoms with van der Waals surface area (Å²) >= 11 is 0. The van der Waals surface area contributed by atoms with Crippen molar-refractivity contribution in [2.24, 2.45) is 0 Å². The first-order valence-corrected chi connectivity index (χ1v) is 8.27.